The Morgan fingerprint density at radius 2 is 1.04 bits per heavy atom. The molecule has 0 radical (unpaired) electrons. The van der Waals surface area contributed by atoms with Crippen LogP contribution in [0.1, 0.15) is 26.7 Å². The molecular weight excluding hydrogens is 364 g/mol. The number of hydrogen-bond acceptors (Lipinski definition) is 6. The molecule has 2 rings (SSSR count). The summed E-state index contributed by atoms with van der Waals surface area (Å²) in [6.07, 6.45) is 1.94. The molecule has 138 valence electrons. The number of anilines is 2. The normalized spacial score (nSPS) is 10.4. The van der Waals surface area contributed by atoms with E-state index >= 15 is 0 Å². The Kier molecular flexibility index (Phi) is 8.58. The van der Waals surface area contributed by atoms with Crippen molar-refractivity contribution in [1.29, 1.82) is 0 Å². The molecule has 0 heterocycles. The van der Waals surface area contributed by atoms with Crippen LogP contribution in [0.25, 0.3) is 0 Å². The lowest BCUT2D eigenvalue weighted by atomic mass is 10.4. The van der Waals surface area contributed by atoms with E-state index in [1.165, 1.54) is 0 Å². The summed E-state index contributed by atoms with van der Waals surface area (Å²) in [5.41, 5.74) is 1.22. The molecule has 4 nitrogen and oxygen atoms in total. The van der Waals surface area contributed by atoms with Crippen LogP contribution in [-0.2, 0) is 0 Å². The Balaban J connectivity index is 2.09. The average molecular weight is 389 g/mol. The first kappa shape index (κ1) is 20.4. The summed E-state index contributed by atoms with van der Waals surface area (Å²) in [6, 6.07) is 14.4. The maximum absolute atomic E-state index is 12.0. The van der Waals surface area contributed by atoms with E-state index in [1.54, 1.807) is 33.7 Å². The summed E-state index contributed by atoms with van der Waals surface area (Å²) in [5.74, 6) is 0. The van der Waals surface area contributed by atoms with E-state index in [2.05, 4.69) is 24.5 Å². The summed E-state index contributed by atoms with van der Waals surface area (Å²) < 4.78 is 0. The molecule has 6 heteroatoms. The topological polar surface area (TPSA) is 58.2 Å². The van der Waals surface area contributed by atoms with Gasteiger partial charge in [0.1, 0.15) is 0 Å². The quantitative estimate of drug-likeness (QED) is 0.599. The van der Waals surface area contributed by atoms with E-state index in [1.807, 2.05) is 36.4 Å². The molecule has 26 heavy (non-hydrogen) atoms. The lowest BCUT2D eigenvalue weighted by molar-refractivity contribution is 0.978. The van der Waals surface area contributed by atoms with Gasteiger partial charge in [0.15, 0.2) is 0 Å². The van der Waals surface area contributed by atoms with Crippen molar-refractivity contribution in [3.63, 3.8) is 0 Å². The first-order chi connectivity index (χ1) is 12.6. The molecule has 0 aliphatic heterocycles. The van der Waals surface area contributed by atoms with Crippen LogP contribution < -0.4 is 21.5 Å². The van der Waals surface area contributed by atoms with Gasteiger partial charge in [0.05, 0.1) is 11.4 Å². The minimum Gasteiger partial charge on any atom is -0.382 e. The minimum atomic E-state index is -0.0101. The van der Waals surface area contributed by atoms with E-state index in [-0.39, 0.29) is 10.9 Å². The van der Waals surface area contributed by atoms with Gasteiger partial charge in [-0.3, -0.25) is 9.59 Å². The van der Waals surface area contributed by atoms with E-state index in [9.17, 15) is 9.59 Å². The Hall–Kier alpha value is -1.92. The molecule has 0 spiro atoms. The van der Waals surface area contributed by atoms with Crippen LogP contribution in [0, 0.1) is 0 Å². The van der Waals surface area contributed by atoms with Crippen molar-refractivity contribution in [3.8, 4) is 0 Å². The fraction of sp³-hybridized carbons (Fsp3) is 0.300. The molecule has 0 aliphatic rings. The van der Waals surface area contributed by atoms with E-state index in [4.69, 9.17) is 0 Å². The molecule has 0 saturated heterocycles. The first-order valence-electron chi connectivity index (χ1n) is 8.75. The summed E-state index contributed by atoms with van der Waals surface area (Å²) in [7, 11) is 3.12. The van der Waals surface area contributed by atoms with Crippen LogP contribution in [0.4, 0.5) is 11.4 Å². The lowest BCUT2D eigenvalue weighted by Crippen LogP contribution is -2.08. The molecule has 2 N–H and O–H groups in total. The Morgan fingerprint density at radius 3 is 1.42 bits per heavy atom. The minimum absolute atomic E-state index is 0.0101. The van der Waals surface area contributed by atoms with Crippen LogP contribution in [-0.4, -0.2) is 13.1 Å². The Bertz CT molecular complexity index is 773. The monoisotopic (exact) mass is 388 g/mol. The van der Waals surface area contributed by atoms with Crippen molar-refractivity contribution in [3.05, 3.63) is 69.0 Å². The highest BCUT2D eigenvalue weighted by Crippen LogP contribution is 2.36. The predicted octanol–water partition coefficient (Wildman–Crippen LogP) is 4.85. The standard InChI is InChI=1S/C20H24N2O2S2/c1-3-13-21-17-9-5-15(7-11-19(17)23)25-26-16-6-10-18(22-14-4-2)20(24)12-8-16/h5-12H,3-4,13-14H2,1-2H3,(H,21,23)(H,22,24). The van der Waals surface area contributed by atoms with Gasteiger partial charge in [-0.05, 0) is 61.4 Å². The van der Waals surface area contributed by atoms with E-state index < -0.39 is 0 Å². The van der Waals surface area contributed by atoms with Crippen molar-refractivity contribution in [1.82, 2.24) is 0 Å². The zero-order chi connectivity index (χ0) is 18.8. The second-order valence-corrected chi connectivity index (χ2v) is 7.99. The van der Waals surface area contributed by atoms with Gasteiger partial charge in [-0.25, -0.2) is 0 Å². The van der Waals surface area contributed by atoms with Crippen molar-refractivity contribution < 1.29 is 0 Å². The van der Waals surface area contributed by atoms with Crippen molar-refractivity contribution in [2.75, 3.05) is 23.7 Å². The molecule has 0 aromatic heterocycles. The highest BCUT2D eigenvalue weighted by atomic mass is 33.1. The van der Waals surface area contributed by atoms with Crippen molar-refractivity contribution in [2.45, 2.75) is 36.5 Å². The van der Waals surface area contributed by atoms with Gasteiger partial charge < -0.3 is 10.6 Å². The van der Waals surface area contributed by atoms with Gasteiger partial charge in [0, 0.05) is 22.9 Å². The summed E-state index contributed by atoms with van der Waals surface area (Å²) in [6.45, 7) is 5.69. The largest absolute Gasteiger partial charge is 0.382 e. The second kappa shape index (κ2) is 10.9. The maximum Gasteiger partial charge on any atom is 0.201 e. The average Bonchev–Trinajstić information content (AvgIpc) is 2.93. The Labute approximate surface area is 162 Å². The molecule has 0 unspecified atom stereocenters. The molecule has 2 aromatic carbocycles. The molecule has 2 aromatic rings. The van der Waals surface area contributed by atoms with Crippen LogP contribution >= 0.6 is 21.6 Å². The van der Waals surface area contributed by atoms with Gasteiger partial charge in [0.2, 0.25) is 10.9 Å². The highest BCUT2D eigenvalue weighted by Gasteiger charge is 2.01. The van der Waals surface area contributed by atoms with Gasteiger partial charge in [-0.2, -0.15) is 0 Å². The zero-order valence-corrected chi connectivity index (χ0v) is 16.7. The van der Waals surface area contributed by atoms with Gasteiger partial charge >= 0.3 is 0 Å². The van der Waals surface area contributed by atoms with Gasteiger partial charge in [-0.15, -0.1) is 0 Å². The van der Waals surface area contributed by atoms with E-state index in [0.717, 1.165) is 35.7 Å². The molecule has 0 aliphatic carbocycles. The smallest absolute Gasteiger partial charge is 0.201 e. The summed E-state index contributed by atoms with van der Waals surface area (Å²) >= 11 is 0. The van der Waals surface area contributed by atoms with E-state index in [0.29, 0.717) is 11.4 Å². The molecule has 0 bridgehead atoms. The third kappa shape index (κ3) is 6.42. The summed E-state index contributed by atoms with van der Waals surface area (Å²) in [4.78, 5) is 26.0. The zero-order valence-electron chi connectivity index (χ0n) is 15.1. The molecule has 0 saturated carbocycles. The number of nitrogens with one attached hydrogen (secondary N) is 2. The lowest BCUT2D eigenvalue weighted by Gasteiger charge is -2.00. The van der Waals surface area contributed by atoms with Crippen LogP contribution in [0.2, 0.25) is 0 Å². The molecule has 0 fully saturated rings. The van der Waals surface area contributed by atoms with Gasteiger partial charge in [0.25, 0.3) is 0 Å². The summed E-state index contributed by atoms with van der Waals surface area (Å²) in [5, 5.41) is 6.29. The first-order valence-corrected chi connectivity index (χ1v) is 10.9. The highest BCUT2D eigenvalue weighted by molar-refractivity contribution is 8.76. The number of rotatable bonds is 9. The second-order valence-electron chi connectivity index (χ2n) is 5.71. The molecule has 0 atom stereocenters. The Morgan fingerprint density at radius 1 is 0.654 bits per heavy atom. The van der Waals surface area contributed by atoms with Crippen molar-refractivity contribution in [2.24, 2.45) is 0 Å². The fourth-order valence-corrected chi connectivity index (χ4v) is 4.05. The van der Waals surface area contributed by atoms with Crippen LogP contribution in [0.3, 0.4) is 0 Å². The molecular formula is C20H24N2O2S2. The third-order valence-electron chi connectivity index (χ3n) is 3.52. The predicted molar refractivity (Wildman–Crippen MR) is 115 cm³/mol. The maximum atomic E-state index is 12.0. The third-order valence-corrected chi connectivity index (χ3v) is 5.94. The van der Waals surface area contributed by atoms with Gasteiger partial charge in [-0.1, -0.05) is 35.4 Å². The van der Waals surface area contributed by atoms with Crippen LogP contribution in [0.15, 0.2) is 67.9 Å². The van der Waals surface area contributed by atoms with Crippen molar-refractivity contribution >= 4 is 33.0 Å². The van der Waals surface area contributed by atoms with Crippen LogP contribution in [0.5, 0.6) is 0 Å². The SMILES string of the molecule is CCCNc1ccc(SSc2ccc(NCCC)c(=O)cc2)ccc1=O. The molecule has 0 amide bonds. The number of hydrogen-bond donors (Lipinski definition) is 2. The fourth-order valence-electron chi connectivity index (χ4n) is 2.12.